The number of aryl methyl sites for hydroxylation is 1. The number of sulfonamides is 1. The number of anilines is 1. The molecule has 0 spiro atoms. The highest BCUT2D eigenvalue weighted by Gasteiger charge is 2.21. The van der Waals surface area contributed by atoms with Crippen molar-refractivity contribution in [2.24, 2.45) is 0 Å². The molecule has 7 heteroatoms. The summed E-state index contributed by atoms with van der Waals surface area (Å²) in [5.74, 6) is 0.384. The Balaban J connectivity index is 2.19. The Morgan fingerprint density at radius 1 is 1.14 bits per heavy atom. The molecule has 21 heavy (non-hydrogen) atoms. The molecule has 0 saturated heterocycles. The Labute approximate surface area is 124 Å². The summed E-state index contributed by atoms with van der Waals surface area (Å²) < 4.78 is 26.1. The Kier molecular flexibility index (Phi) is 4.54. The van der Waals surface area contributed by atoms with Crippen molar-refractivity contribution in [2.75, 3.05) is 19.4 Å². The molecule has 6 nitrogen and oxygen atoms in total. The van der Waals surface area contributed by atoms with E-state index in [-0.39, 0.29) is 4.90 Å². The minimum absolute atomic E-state index is 0.0797. The van der Waals surface area contributed by atoms with E-state index in [9.17, 15) is 8.42 Å². The van der Waals surface area contributed by atoms with Gasteiger partial charge in [0.15, 0.2) is 0 Å². The lowest BCUT2D eigenvalue weighted by Crippen LogP contribution is -2.26. The summed E-state index contributed by atoms with van der Waals surface area (Å²) in [6.45, 7) is 2.29. The number of aromatic nitrogens is 2. The predicted octanol–water partition coefficient (Wildman–Crippen LogP) is 1.65. The molecule has 0 radical (unpaired) electrons. The molecule has 1 aromatic heterocycles. The number of hydrogen-bond acceptors (Lipinski definition) is 5. The topological polar surface area (TPSA) is 75.2 Å². The maximum Gasteiger partial charge on any atom is 0.246 e. The highest BCUT2D eigenvalue weighted by molar-refractivity contribution is 7.89. The standard InChI is InChI=1S/C14H18N4O2S/c1-11-4-6-12(7-5-11)10-18(3)21(19,20)13-8-16-14(15-2)17-9-13/h4-9H,10H2,1-3H3,(H,15,16,17). The van der Waals surface area contributed by atoms with Gasteiger partial charge in [0.25, 0.3) is 0 Å². The zero-order valence-corrected chi connectivity index (χ0v) is 13.1. The van der Waals surface area contributed by atoms with E-state index in [0.29, 0.717) is 12.5 Å². The van der Waals surface area contributed by atoms with Crippen LogP contribution in [0.25, 0.3) is 0 Å². The lowest BCUT2D eigenvalue weighted by Gasteiger charge is -2.17. The third-order valence-corrected chi connectivity index (χ3v) is 4.84. The van der Waals surface area contributed by atoms with Crippen LogP contribution >= 0.6 is 0 Å². The van der Waals surface area contributed by atoms with Crippen LogP contribution in [0.5, 0.6) is 0 Å². The minimum Gasteiger partial charge on any atom is -0.357 e. The lowest BCUT2D eigenvalue weighted by molar-refractivity contribution is 0.466. The quantitative estimate of drug-likeness (QED) is 0.909. The smallest absolute Gasteiger partial charge is 0.246 e. The summed E-state index contributed by atoms with van der Waals surface area (Å²) in [5.41, 5.74) is 2.07. The van der Waals surface area contributed by atoms with Crippen LogP contribution < -0.4 is 5.32 Å². The van der Waals surface area contributed by atoms with Crippen LogP contribution in [0.1, 0.15) is 11.1 Å². The second-order valence-electron chi connectivity index (χ2n) is 4.74. The highest BCUT2D eigenvalue weighted by Crippen LogP contribution is 2.16. The fourth-order valence-electron chi connectivity index (χ4n) is 1.79. The average molecular weight is 306 g/mol. The van der Waals surface area contributed by atoms with Crippen molar-refractivity contribution in [3.8, 4) is 0 Å². The van der Waals surface area contributed by atoms with Crippen molar-refractivity contribution in [1.29, 1.82) is 0 Å². The zero-order chi connectivity index (χ0) is 15.5. The van der Waals surface area contributed by atoms with Gasteiger partial charge < -0.3 is 5.32 Å². The summed E-state index contributed by atoms with van der Waals surface area (Å²) in [7, 11) is -0.375. The van der Waals surface area contributed by atoms with Gasteiger partial charge in [0.2, 0.25) is 16.0 Å². The van der Waals surface area contributed by atoms with E-state index in [1.807, 2.05) is 31.2 Å². The van der Waals surface area contributed by atoms with E-state index >= 15 is 0 Å². The van der Waals surface area contributed by atoms with Crippen LogP contribution in [-0.4, -0.2) is 36.8 Å². The molecule has 0 aliphatic rings. The van der Waals surface area contributed by atoms with E-state index in [4.69, 9.17) is 0 Å². The van der Waals surface area contributed by atoms with Gasteiger partial charge in [0, 0.05) is 20.6 Å². The van der Waals surface area contributed by atoms with Gasteiger partial charge in [-0.05, 0) is 12.5 Å². The Bertz CT molecular complexity index is 697. The van der Waals surface area contributed by atoms with E-state index in [0.717, 1.165) is 11.1 Å². The monoisotopic (exact) mass is 306 g/mol. The average Bonchev–Trinajstić information content (AvgIpc) is 2.49. The fraction of sp³-hybridized carbons (Fsp3) is 0.286. The van der Waals surface area contributed by atoms with Gasteiger partial charge in [-0.1, -0.05) is 29.8 Å². The Hall–Kier alpha value is -1.99. The normalized spacial score (nSPS) is 11.6. The molecule has 0 fully saturated rings. The molecule has 0 bridgehead atoms. The van der Waals surface area contributed by atoms with E-state index in [2.05, 4.69) is 15.3 Å². The number of nitrogens with one attached hydrogen (secondary N) is 1. The van der Waals surface area contributed by atoms with Gasteiger partial charge in [-0.3, -0.25) is 0 Å². The SMILES string of the molecule is CNc1ncc(S(=O)(=O)N(C)Cc2ccc(C)cc2)cn1. The van der Waals surface area contributed by atoms with E-state index in [1.165, 1.54) is 16.7 Å². The molecular weight excluding hydrogens is 288 g/mol. The van der Waals surface area contributed by atoms with Crippen molar-refractivity contribution in [2.45, 2.75) is 18.4 Å². The summed E-state index contributed by atoms with van der Waals surface area (Å²) in [4.78, 5) is 7.95. The molecule has 1 N–H and O–H groups in total. The molecule has 2 rings (SSSR count). The van der Waals surface area contributed by atoms with Gasteiger partial charge in [-0.2, -0.15) is 4.31 Å². The number of hydrogen-bond donors (Lipinski definition) is 1. The maximum atomic E-state index is 12.4. The highest BCUT2D eigenvalue weighted by atomic mass is 32.2. The first-order valence-electron chi connectivity index (χ1n) is 6.45. The molecule has 0 aliphatic heterocycles. The molecule has 1 aromatic carbocycles. The van der Waals surface area contributed by atoms with Crippen LogP contribution in [0.4, 0.5) is 5.95 Å². The summed E-state index contributed by atoms with van der Waals surface area (Å²) in [6, 6.07) is 7.76. The number of benzene rings is 1. The first-order chi connectivity index (χ1) is 9.93. The molecule has 0 amide bonds. The van der Waals surface area contributed by atoms with Crippen LogP contribution in [0.2, 0.25) is 0 Å². The van der Waals surface area contributed by atoms with Crippen molar-refractivity contribution < 1.29 is 8.42 Å². The Morgan fingerprint density at radius 2 is 1.71 bits per heavy atom. The van der Waals surface area contributed by atoms with Crippen molar-refractivity contribution >= 4 is 16.0 Å². The third-order valence-electron chi connectivity index (χ3n) is 3.09. The van der Waals surface area contributed by atoms with Crippen LogP contribution in [0.15, 0.2) is 41.6 Å². The van der Waals surface area contributed by atoms with Gasteiger partial charge in [-0.25, -0.2) is 18.4 Å². The number of rotatable bonds is 5. The van der Waals surface area contributed by atoms with Crippen LogP contribution in [0, 0.1) is 6.92 Å². The second kappa shape index (κ2) is 6.19. The first kappa shape index (κ1) is 15.4. The number of nitrogens with zero attached hydrogens (tertiary/aromatic N) is 3. The Morgan fingerprint density at radius 3 is 2.24 bits per heavy atom. The zero-order valence-electron chi connectivity index (χ0n) is 12.2. The summed E-state index contributed by atoms with van der Waals surface area (Å²) in [5, 5.41) is 2.75. The second-order valence-corrected chi connectivity index (χ2v) is 6.78. The van der Waals surface area contributed by atoms with Crippen molar-refractivity contribution in [1.82, 2.24) is 14.3 Å². The molecule has 0 unspecified atom stereocenters. The largest absolute Gasteiger partial charge is 0.357 e. The van der Waals surface area contributed by atoms with Crippen LogP contribution in [0.3, 0.4) is 0 Å². The van der Waals surface area contributed by atoms with Gasteiger partial charge in [0.1, 0.15) is 4.90 Å². The van der Waals surface area contributed by atoms with Crippen molar-refractivity contribution in [3.63, 3.8) is 0 Å². The molecule has 2 aromatic rings. The summed E-state index contributed by atoms with van der Waals surface area (Å²) in [6.07, 6.45) is 2.61. The van der Waals surface area contributed by atoms with Gasteiger partial charge in [-0.15, -0.1) is 0 Å². The van der Waals surface area contributed by atoms with Crippen LogP contribution in [-0.2, 0) is 16.6 Å². The third kappa shape index (κ3) is 3.56. The maximum absolute atomic E-state index is 12.4. The molecule has 0 atom stereocenters. The first-order valence-corrected chi connectivity index (χ1v) is 7.89. The fourth-order valence-corrected chi connectivity index (χ4v) is 2.84. The van der Waals surface area contributed by atoms with Crippen molar-refractivity contribution in [3.05, 3.63) is 47.8 Å². The lowest BCUT2D eigenvalue weighted by atomic mass is 10.1. The molecule has 1 heterocycles. The van der Waals surface area contributed by atoms with E-state index < -0.39 is 10.0 Å². The molecular formula is C14H18N4O2S. The van der Waals surface area contributed by atoms with Gasteiger partial charge >= 0.3 is 0 Å². The molecule has 0 aliphatic carbocycles. The molecule has 0 saturated carbocycles. The summed E-state index contributed by atoms with van der Waals surface area (Å²) >= 11 is 0. The molecule has 112 valence electrons. The van der Waals surface area contributed by atoms with E-state index in [1.54, 1.807) is 14.1 Å². The predicted molar refractivity (Wildman–Crippen MR) is 81.4 cm³/mol. The minimum atomic E-state index is -3.59. The van der Waals surface area contributed by atoms with Gasteiger partial charge in [0.05, 0.1) is 12.4 Å².